The Morgan fingerprint density at radius 3 is 2.48 bits per heavy atom. The lowest BCUT2D eigenvalue weighted by molar-refractivity contribution is -0.385. The zero-order valence-corrected chi connectivity index (χ0v) is 12.9. The number of nitro groups is 1. The number of sulfonamides is 1. The summed E-state index contributed by atoms with van der Waals surface area (Å²) in [6.07, 6.45) is 0.252. The second-order valence-electron chi connectivity index (χ2n) is 5.07. The molecule has 0 fully saturated rings. The van der Waals surface area contributed by atoms with Crippen LogP contribution in [0.3, 0.4) is 0 Å². The van der Waals surface area contributed by atoms with Gasteiger partial charge in [0.25, 0.3) is 5.69 Å². The molecule has 0 spiro atoms. The molecule has 0 aliphatic heterocycles. The molecule has 1 N–H and O–H groups in total. The van der Waals surface area contributed by atoms with Gasteiger partial charge in [-0.25, -0.2) is 13.1 Å². The molecular weight excluding hydrogens is 296 g/mol. The lowest BCUT2D eigenvalue weighted by Crippen LogP contribution is -2.19. The predicted molar refractivity (Wildman–Crippen MR) is 77.5 cm³/mol. The summed E-state index contributed by atoms with van der Waals surface area (Å²) in [5, 5.41) is 11.1. The summed E-state index contributed by atoms with van der Waals surface area (Å²) >= 11 is 0. The minimum atomic E-state index is -3.76. The quantitative estimate of drug-likeness (QED) is 0.608. The van der Waals surface area contributed by atoms with E-state index in [-0.39, 0.29) is 34.3 Å². The normalized spacial score (nSPS) is 11.6. The molecule has 0 unspecified atom stereocenters. The maximum Gasteiger partial charge on any atom is 0.274 e. The molecule has 8 heteroatoms. The Bertz CT molecular complexity index is 653. The average Bonchev–Trinajstić information content (AvgIpc) is 2.37. The maximum absolute atomic E-state index is 11.8. The number of rotatable bonds is 7. The fourth-order valence-corrected chi connectivity index (χ4v) is 2.64. The number of benzene rings is 1. The van der Waals surface area contributed by atoms with Crippen LogP contribution in [0.15, 0.2) is 23.1 Å². The van der Waals surface area contributed by atoms with Crippen LogP contribution in [0.5, 0.6) is 0 Å². The lowest BCUT2D eigenvalue weighted by Gasteiger charge is -2.07. The zero-order valence-electron chi connectivity index (χ0n) is 12.1. The van der Waals surface area contributed by atoms with Crippen LogP contribution in [-0.2, 0) is 21.2 Å². The van der Waals surface area contributed by atoms with Crippen LogP contribution in [0, 0.1) is 16.0 Å². The van der Waals surface area contributed by atoms with Crippen LogP contribution in [0.4, 0.5) is 5.69 Å². The van der Waals surface area contributed by atoms with Gasteiger partial charge in [0, 0.05) is 24.5 Å². The topological polar surface area (TPSA) is 106 Å². The molecule has 0 saturated heterocycles. The van der Waals surface area contributed by atoms with E-state index in [9.17, 15) is 23.3 Å². The van der Waals surface area contributed by atoms with Crippen molar-refractivity contribution >= 4 is 21.5 Å². The maximum atomic E-state index is 11.8. The largest absolute Gasteiger partial charge is 0.299 e. The zero-order chi connectivity index (χ0) is 16.2. The molecule has 116 valence electrons. The Kier molecular flexibility index (Phi) is 5.56. The van der Waals surface area contributed by atoms with Gasteiger partial charge in [0.05, 0.1) is 9.82 Å². The van der Waals surface area contributed by atoms with E-state index in [4.69, 9.17) is 0 Å². The molecule has 1 aromatic rings. The van der Waals surface area contributed by atoms with Crippen molar-refractivity contribution in [2.24, 2.45) is 5.92 Å². The second-order valence-corrected chi connectivity index (χ2v) is 6.96. The van der Waals surface area contributed by atoms with Gasteiger partial charge < -0.3 is 0 Å². The number of hydrogen-bond acceptors (Lipinski definition) is 5. The molecule has 21 heavy (non-hydrogen) atoms. The van der Waals surface area contributed by atoms with Gasteiger partial charge in [-0.15, -0.1) is 0 Å². The SMILES string of the molecule is CNS(=O)(=O)c1ccc(CC(=O)CC(C)C)c([N+](=O)[O-])c1. The monoisotopic (exact) mass is 314 g/mol. The van der Waals surface area contributed by atoms with Crippen molar-refractivity contribution in [2.75, 3.05) is 7.05 Å². The fourth-order valence-electron chi connectivity index (χ4n) is 1.89. The molecule has 0 atom stereocenters. The minimum Gasteiger partial charge on any atom is -0.299 e. The Morgan fingerprint density at radius 1 is 1.38 bits per heavy atom. The molecule has 0 aliphatic carbocycles. The van der Waals surface area contributed by atoms with Crippen molar-refractivity contribution in [1.82, 2.24) is 4.72 Å². The highest BCUT2D eigenvalue weighted by Crippen LogP contribution is 2.24. The van der Waals surface area contributed by atoms with E-state index in [2.05, 4.69) is 4.72 Å². The highest BCUT2D eigenvalue weighted by atomic mass is 32.2. The van der Waals surface area contributed by atoms with Gasteiger partial charge in [-0.2, -0.15) is 0 Å². The van der Waals surface area contributed by atoms with Crippen LogP contribution < -0.4 is 4.72 Å². The van der Waals surface area contributed by atoms with Crippen molar-refractivity contribution in [3.63, 3.8) is 0 Å². The molecule has 0 heterocycles. The van der Waals surface area contributed by atoms with E-state index >= 15 is 0 Å². The first-order valence-corrected chi connectivity index (χ1v) is 7.88. The third-order valence-corrected chi connectivity index (χ3v) is 4.27. The number of nitrogens with zero attached hydrogens (tertiary/aromatic N) is 1. The second kappa shape index (κ2) is 6.77. The molecule has 0 aromatic heterocycles. The van der Waals surface area contributed by atoms with E-state index in [1.165, 1.54) is 19.2 Å². The molecule has 0 bridgehead atoms. The van der Waals surface area contributed by atoms with Gasteiger partial charge in [-0.3, -0.25) is 14.9 Å². The molecule has 0 radical (unpaired) electrons. The highest BCUT2D eigenvalue weighted by Gasteiger charge is 2.21. The van der Waals surface area contributed by atoms with Crippen LogP contribution in [0.25, 0.3) is 0 Å². The van der Waals surface area contributed by atoms with E-state index < -0.39 is 14.9 Å². The summed E-state index contributed by atoms with van der Waals surface area (Å²) < 4.78 is 25.4. The number of hydrogen-bond donors (Lipinski definition) is 1. The Balaban J connectivity index is 3.18. The summed E-state index contributed by atoms with van der Waals surface area (Å²) in [7, 11) is -2.53. The first-order valence-electron chi connectivity index (χ1n) is 6.40. The smallest absolute Gasteiger partial charge is 0.274 e. The Hall–Kier alpha value is -1.80. The lowest BCUT2D eigenvalue weighted by atomic mass is 10.0. The van der Waals surface area contributed by atoms with Gasteiger partial charge in [-0.1, -0.05) is 19.9 Å². The summed E-state index contributed by atoms with van der Waals surface area (Å²) in [5.74, 6) is 0.0535. The van der Waals surface area contributed by atoms with Gasteiger partial charge >= 0.3 is 0 Å². The third kappa shape index (κ3) is 4.61. The van der Waals surface area contributed by atoms with E-state index in [0.29, 0.717) is 6.42 Å². The van der Waals surface area contributed by atoms with Gasteiger partial charge in [0.1, 0.15) is 5.78 Å². The summed E-state index contributed by atoms with van der Waals surface area (Å²) in [5.41, 5.74) is -0.135. The van der Waals surface area contributed by atoms with E-state index in [1.54, 1.807) is 0 Å². The van der Waals surface area contributed by atoms with Crippen LogP contribution in [0.1, 0.15) is 25.8 Å². The van der Waals surface area contributed by atoms with E-state index in [0.717, 1.165) is 6.07 Å². The summed E-state index contributed by atoms with van der Waals surface area (Å²) in [4.78, 5) is 22.0. The predicted octanol–water partition coefficient (Wildman–Crippen LogP) is 1.66. The first kappa shape index (κ1) is 17.3. The van der Waals surface area contributed by atoms with Crippen molar-refractivity contribution < 1.29 is 18.1 Å². The van der Waals surface area contributed by atoms with Crippen molar-refractivity contribution in [3.8, 4) is 0 Å². The Labute approximate surface area is 123 Å². The van der Waals surface area contributed by atoms with Crippen LogP contribution in [-0.4, -0.2) is 26.2 Å². The van der Waals surface area contributed by atoms with Crippen molar-refractivity contribution in [3.05, 3.63) is 33.9 Å². The summed E-state index contributed by atoms with van der Waals surface area (Å²) in [6.45, 7) is 3.77. The van der Waals surface area contributed by atoms with Crippen molar-refractivity contribution in [1.29, 1.82) is 0 Å². The molecule has 1 aromatic carbocycles. The minimum absolute atomic E-state index is 0.0750. The van der Waals surface area contributed by atoms with Gasteiger partial charge in [0.15, 0.2) is 0 Å². The van der Waals surface area contributed by atoms with Gasteiger partial charge in [0.2, 0.25) is 10.0 Å². The number of nitrogens with one attached hydrogen (secondary N) is 1. The molecule has 0 amide bonds. The van der Waals surface area contributed by atoms with Crippen LogP contribution >= 0.6 is 0 Å². The number of Topliss-reactive ketones (excluding diaryl/α,β-unsaturated/α-hetero) is 1. The molecular formula is C13H18N2O5S. The fraction of sp³-hybridized carbons (Fsp3) is 0.462. The highest BCUT2D eigenvalue weighted by molar-refractivity contribution is 7.89. The molecule has 1 rings (SSSR count). The third-order valence-electron chi connectivity index (χ3n) is 2.86. The molecule has 0 aliphatic rings. The number of ketones is 1. The number of nitro benzene ring substituents is 1. The van der Waals surface area contributed by atoms with Gasteiger partial charge in [-0.05, 0) is 19.0 Å². The summed E-state index contributed by atoms with van der Waals surface area (Å²) in [6, 6.07) is 3.56. The number of carbonyl (C=O) groups excluding carboxylic acids is 1. The average molecular weight is 314 g/mol. The first-order chi connectivity index (χ1) is 9.67. The van der Waals surface area contributed by atoms with Crippen LogP contribution in [0.2, 0.25) is 0 Å². The molecule has 0 saturated carbocycles. The standard InChI is InChI=1S/C13H18N2O5S/c1-9(2)6-11(16)7-10-4-5-12(21(19,20)14-3)8-13(10)15(17)18/h4-5,8-9,14H,6-7H2,1-3H3. The number of carbonyl (C=O) groups is 1. The van der Waals surface area contributed by atoms with Crippen molar-refractivity contribution in [2.45, 2.75) is 31.6 Å². The van der Waals surface area contributed by atoms with E-state index in [1.807, 2.05) is 13.8 Å². The molecule has 7 nitrogen and oxygen atoms in total. The Morgan fingerprint density at radius 2 is 2.00 bits per heavy atom.